The molecule has 0 aliphatic heterocycles. The number of primary sulfonamides is 1. The summed E-state index contributed by atoms with van der Waals surface area (Å²) in [5.74, 6) is 0.314. The molecule has 0 bridgehead atoms. The van der Waals surface area contributed by atoms with Crippen LogP contribution in [0, 0.1) is 17.0 Å². The first-order chi connectivity index (χ1) is 9.77. The molecule has 0 aliphatic carbocycles. The summed E-state index contributed by atoms with van der Waals surface area (Å²) in [4.78, 5) is 9.44. The first-order valence-electron chi connectivity index (χ1n) is 5.50. The van der Waals surface area contributed by atoms with Crippen molar-refractivity contribution in [1.82, 2.24) is 10.2 Å². The number of nitro benzene ring substituents is 1. The van der Waals surface area contributed by atoms with Crippen LogP contribution in [0.2, 0.25) is 0 Å². The Morgan fingerprint density at radius 3 is 2.67 bits per heavy atom. The smallest absolute Gasteiger partial charge is 0.271 e. The van der Waals surface area contributed by atoms with Crippen LogP contribution >= 0.6 is 0 Å². The quantitative estimate of drug-likeness (QED) is 0.619. The first-order valence-corrected chi connectivity index (χ1v) is 7.05. The summed E-state index contributed by atoms with van der Waals surface area (Å²) < 4.78 is 33.2. The summed E-state index contributed by atoms with van der Waals surface area (Å²) >= 11 is 0. The summed E-state index contributed by atoms with van der Waals surface area (Å²) in [6.45, 7) is 1.39. The number of aryl methyl sites for hydroxylation is 1. The number of nitrogens with zero attached hydrogens (tertiary/aromatic N) is 3. The van der Waals surface area contributed by atoms with Crippen molar-refractivity contribution in [3.63, 3.8) is 0 Å². The molecule has 1 heterocycles. The van der Waals surface area contributed by atoms with Crippen LogP contribution in [-0.4, -0.2) is 23.5 Å². The van der Waals surface area contributed by atoms with Crippen molar-refractivity contribution in [1.29, 1.82) is 0 Å². The van der Waals surface area contributed by atoms with Gasteiger partial charge in [-0.25, -0.2) is 13.6 Å². The molecule has 21 heavy (non-hydrogen) atoms. The lowest BCUT2D eigenvalue weighted by Gasteiger charge is -2.08. The summed E-state index contributed by atoms with van der Waals surface area (Å²) in [5.41, 5.74) is -0.417. The van der Waals surface area contributed by atoms with Crippen LogP contribution in [-0.2, 0) is 16.6 Å². The lowest BCUT2D eigenvalue weighted by molar-refractivity contribution is -0.385. The highest BCUT2D eigenvalue weighted by Gasteiger charge is 2.20. The second-order valence-electron chi connectivity index (χ2n) is 3.94. The van der Waals surface area contributed by atoms with Gasteiger partial charge in [-0.05, 0) is 6.07 Å². The molecule has 2 N–H and O–H groups in total. The van der Waals surface area contributed by atoms with Gasteiger partial charge in [-0.1, -0.05) is 0 Å². The van der Waals surface area contributed by atoms with E-state index >= 15 is 0 Å². The molecule has 2 aromatic rings. The summed E-state index contributed by atoms with van der Waals surface area (Å²) in [5, 5.41) is 22.9. The molecule has 0 fully saturated rings. The first kappa shape index (κ1) is 14.9. The van der Waals surface area contributed by atoms with Gasteiger partial charge >= 0.3 is 0 Å². The minimum Gasteiger partial charge on any atom is -0.482 e. The third-order valence-corrected chi connectivity index (χ3v) is 3.30. The molecule has 0 spiro atoms. The maximum absolute atomic E-state index is 11.5. The van der Waals surface area contributed by atoms with E-state index in [0.717, 1.165) is 18.2 Å². The van der Waals surface area contributed by atoms with Crippen molar-refractivity contribution in [3.05, 3.63) is 40.1 Å². The fourth-order valence-corrected chi connectivity index (χ4v) is 2.18. The summed E-state index contributed by atoms with van der Waals surface area (Å²) in [6, 6.07) is 3.06. The lowest BCUT2D eigenvalue weighted by Crippen LogP contribution is -2.14. The van der Waals surface area contributed by atoms with Gasteiger partial charge in [-0.2, -0.15) is 0 Å². The third-order valence-electron chi connectivity index (χ3n) is 2.36. The fraction of sp³-hybridized carbons (Fsp3) is 0.200. The number of nitro groups is 1. The summed E-state index contributed by atoms with van der Waals surface area (Å²) in [6.07, 6.45) is 0. The van der Waals surface area contributed by atoms with E-state index in [4.69, 9.17) is 14.3 Å². The molecule has 0 unspecified atom stereocenters. The standard InChI is InChI=1S/C10H10N4O6S/c1-6-12-13-10(20-6)5-19-8-3-2-7(14(15)16)4-9(8)21(11,17)18/h2-4H,5H2,1H3,(H2,11,17,18). The predicted octanol–water partition coefficient (Wildman–Crippen LogP) is 0.513. The van der Waals surface area contributed by atoms with Crippen LogP contribution in [0.25, 0.3) is 0 Å². The van der Waals surface area contributed by atoms with E-state index in [0.29, 0.717) is 5.89 Å². The molecule has 1 aromatic carbocycles. The molecule has 0 saturated heterocycles. The molecule has 0 radical (unpaired) electrons. The average molecular weight is 314 g/mol. The van der Waals surface area contributed by atoms with Crippen molar-refractivity contribution >= 4 is 15.7 Å². The van der Waals surface area contributed by atoms with Gasteiger partial charge in [0.15, 0.2) is 6.61 Å². The van der Waals surface area contributed by atoms with Crippen molar-refractivity contribution in [2.75, 3.05) is 0 Å². The van der Waals surface area contributed by atoms with Crippen molar-refractivity contribution in [2.24, 2.45) is 5.14 Å². The molecule has 1 aromatic heterocycles. The molecule has 2 rings (SSSR count). The number of aromatic nitrogens is 2. The SMILES string of the molecule is Cc1nnc(COc2ccc([N+](=O)[O-])cc2S(N)(=O)=O)o1. The Hall–Kier alpha value is -2.53. The van der Waals surface area contributed by atoms with Gasteiger partial charge in [0, 0.05) is 19.1 Å². The zero-order chi connectivity index (χ0) is 15.6. The van der Waals surface area contributed by atoms with Crippen LogP contribution < -0.4 is 9.88 Å². The van der Waals surface area contributed by atoms with E-state index in [1.165, 1.54) is 0 Å². The molecule has 0 amide bonds. The molecule has 0 saturated carbocycles. The number of non-ortho nitro benzene ring substituents is 1. The number of rotatable bonds is 5. The Morgan fingerprint density at radius 2 is 2.14 bits per heavy atom. The minimum atomic E-state index is -4.18. The molecule has 11 heteroatoms. The number of sulfonamides is 1. The van der Waals surface area contributed by atoms with E-state index in [1.807, 2.05) is 0 Å². The monoisotopic (exact) mass is 314 g/mol. The van der Waals surface area contributed by atoms with E-state index in [2.05, 4.69) is 10.2 Å². The van der Waals surface area contributed by atoms with E-state index in [9.17, 15) is 18.5 Å². The fourth-order valence-electron chi connectivity index (χ4n) is 1.49. The van der Waals surface area contributed by atoms with Gasteiger partial charge in [-0.15, -0.1) is 10.2 Å². The van der Waals surface area contributed by atoms with Gasteiger partial charge in [0.25, 0.3) is 11.6 Å². The van der Waals surface area contributed by atoms with Gasteiger partial charge in [0.1, 0.15) is 10.6 Å². The normalized spacial score (nSPS) is 11.3. The second-order valence-corrected chi connectivity index (χ2v) is 5.47. The van der Waals surface area contributed by atoms with Crippen molar-refractivity contribution < 1.29 is 22.5 Å². The zero-order valence-electron chi connectivity index (χ0n) is 10.7. The van der Waals surface area contributed by atoms with Crippen LogP contribution in [0.1, 0.15) is 11.8 Å². The Labute approximate surface area is 118 Å². The van der Waals surface area contributed by atoms with Crippen LogP contribution in [0.5, 0.6) is 5.75 Å². The second kappa shape index (κ2) is 5.46. The summed E-state index contributed by atoms with van der Waals surface area (Å²) in [7, 11) is -4.18. The molecule has 0 aliphatic rings. The Morgan fingerprint density at radius 1 is 1.43 bits per heavy atom. The molecule has 0 atom stereocenters. The van der Waals surface area contributed by atoms with Gasteiger partial charge < -0.3 is 9.15 Å². The lowest BCUT2D eigenvalue weighted by atomic mass is 10.3. The number of benzene rings is 1. The van der Waals surface area contributed by atoms with E-state index in [-0.39, 0.29) is 18.2 Å². The largest absolute Gasteiger partial charge is 0.482 e. The highest BCUT2D eigenvalue weighted by Crippen LogP contribution is 2.28. The van der Waals surface area contributed by atoms with Crippen LogP contribution in [0.3, 0.4) is 0 Å². The number of ether oxygens (including phenoxy) is 1. The van der Waals surface area contributed by atoms with Gasteiger partial charge in [0.2, 0.25) is 15.9 Å². The minimum absolute atomic E-state index is 0.131. The average Bonchev–Trinajstić information content (AvgIpc) is 2.81. The third kappa shape index (κ3) is 3.52. The number of hydrogen-bond donors (Lipinski definition) is 1. The highest BCUT2D eigenvalue weighted by molar-refractivity contribution is 7.89. The Balaban J connectivity index is 2.32. The Bertz CT molecular complexity index is 785. The van der Waals surface area contributed by atoms with Gasteiger partial charge in [0.05, 0.1) is 4.92 Å². The molecule has 10 nitrogen and oxygen atoms in total. The predicted molar refractivity (Wildman–Crippen MR) is 67.8 cm³/mol. The highest BCUT2D eigenvalue weighted by atomic mass is 32.2. The molecular weight excluding hydrogens is 304 g/mol. The Kier molecular flexibility index (Phi) is 3.86. The van der Waals surface area contributed by atoms with Crippen LogP contribution in [0.15, 0.2) is 27.5 Å². The number of nitrogens with two attached hydrogens (primary N) is 1. The van der Waals surface area contributed by atoms with Crippen molar-refractivity contribution in [3.8, 4) is 5.75 Å². The van der Waals surface area contributed by atoms with E-state index < -0.39 is 25.5 Å². The van der Waals surface area contributed by atoms with Crippen LogP contribution in [0.4, 0.5) is 5.69 Å². The topological polar surface area (TPSA) is 151 Å². The molecule has 112 valence electrons. The van der Waals surface area contributed by atoms with Gasteiger partial charge in [-0.3, -0.25) is 10.1 Å². The maximum Gasteiger partial charge on any atom is 0.271 e. The van der Waals surface area contributed by atoms with E-state index in [1.54, 1.807) is 6.92 Å². The van der Waals surface area contributed by atoms with Crippen molar-refractivity contribution in [2.45, 2.75) is 18.4 Å². The number of hydrogen-bond acceptors (Lipinski definition) is 8. The molecular formula is C10H10N4O6S. The maximum atomic E-state index is 11.5. The zero-order valence-corrected chi connectivity index (χ0v) is 11.5.